The molecule has 0 aliphatic carbocycles. The zero-order valence-corrected chi connectivity index (χ0v) is 12.3. The second kappa shape index (κ2) is 9.05. The molecule has 19 heavy (non-hydrogen) atoms. The Morgan fingerprint density at radius 1 is 1.21 bits per heavy atom. The van der Waals surface area contributed by atoms with Crippen molar-refractivity contribution in [3.05, 3.63) is 35.6 Å². The number of hydrogen-bond acceptors (Lipinski definition) is 2. The van der Waals surface area contributed by atoms with Crippen LogP contribution in [0.25, 0.3) is 0 Å². The maximum atomic E-state index is 13.0. The summed E-state index contributed by atoms with van der Waals surface area (Å²) in [4.78, 5) is 0. The molecular formula is C16H26FNO. The van der Waals surface area contributed by atoms with Gasteiger partial charge in [-0.05, 0) is 36.6 Å². The fourth-order valence-electron chi connectivity index (χ4n) is 2.08. The van der Waals surface area contributed by atoms with Crippen molar-refractivity contribution in [2.24, 2.45) is 5.92 Å². The fourth-order valence-corrected chi connectivity index (χ4v) is 2.08. The van der Waals surface area contributed by atoms with Gasteiger partial charge in [0.25, 0.3) is 0 Å². The molecule has 0 aliphatic rings. The van der Waals surface area contributed by atoms with Crippen molar-refractivity contribution < 1.29 is 9.13 Å². The van der Waals surface area contributed by atoms with Crippen LogP contribution in [0.2, 0.25) is 0 Å². The predicted octanol–water partition coefficient (Wildman–Crippen LogP) is 3.93. The largest absolute Gasteiger partial charge is 0.372 e. The lowest BCUT2D eigenvalue weighted by Gasteiger charge is -2.21. The summed E-state index contributed by atoms with van der Waals surface area (Å²) < 4.78 is 19.0. The number of nitrogens with one attached hydrogen (secondary N) is 1. The maximum absolute atomic E-state index is 13.0. The van der Waals surface area contributed by atoms with Crippen molar-refractivity contribution in [3.8, 4) is 0 Å². The van der Waals surface area contributed by atoms with E-state index in [4.69, 9.17) is 4.74 Å². The van der Waals surface area contributed by atoms with Gasteiger partial charge in [0.2, 0.25) is 0 Å². The van der Waals surface area contributed by atoms with Crippen LogP contribution in [0.3, 0.4) is 0 Å². The molecule has 0 saturated heterocycles. The van der Waals surface area contributed by atoms with Crippen LogP contribution >= 0.6 is 0 Å². The van der Waals surface area contributed by atoms with Gasteiger partial charge in [0, 0.05) is 6.54 Å². The standard InChI is InChI=1S/C16H26FNO/c1-4-6-13(3)12-19-16(11-18-5-2)14-7-9-15(17)10-8-14/h7-10,13,16,18H,4-6,11-12H2,1-3H3. The third-order valence-corrected chi connectivity index (χ3v) is 3.18. The second-order valence-corrected chi connectivity index (χ2v) is 5.08. The van der Waals surface area contributed by atoms with Gasteiger partial charge in [0.15, 0.2) is 0 Å². The second-order valence-electron chi connectivity index (χ2n) is 5.08. The van der Waals surface area contributed by atoms with E-state index >= 15 is 0 Å². The number of benzene rings is 1. The van der Waals surface area contributed by atoms with Gasteiger partial charge in [-0.15, -0.1) is 0 Å². The minimum Gasteiger partial charge on any atom is -0.372 e. The Kier molecular flexibility index (Phi) is 7.68. The van der Waals surface area contributed by atoms with Gasteiger partial charge >= 0.3 is 0 Å². The molecule has 1 aromatic carbocycles. The Hall–Kier alpha value is -0.930. The molecule has 0 amide bonds. The monoisotopic (exact) mass is 267 g/mol. The minimum atomic E-state index is -0.203. The average Bonchev–Trinajstić information content (AvgIpc) is 2.40. The van der Waals surface area contributed by atoms with Crippen LogP contribution in [-0.4, -0.2) is 19.7 Å². The molecule has 0 aliphatic heterocycles. The average molecular weight is 267 g/mol. The smallest absolute Gasteiger partial charge is 0.123 e. The van der Waals surface area contributed by atoms with Gasteiger partial charge in [0.1, 0.15) is 5.82 Å². The normalized spacial score (nSPS) is 14.3. The molecule has 0 radical (unpaired) electrons. The third-order valence-electron chi connectivity index (χ3n) is 3.18. The summed E-state index contributed by atoms with van der Waals surface area (Å²) in [6, 6.07) is 6.60. The molecule has 0 spiro atoms. The summed E-state index contributed by atoms with van der Waals surface area (Å²) in [6.07, 6.45) is 2.36. The summed E-state index contributed by atoms with van der Waals surface area (Å²) in [5.74, 6) is 0.361. The summed E-state index contributed by atoms with van der Waals surface area (Å²) in [5, 5.41) is 3.30. The van der Waals surface area contributed by atoms with Crippen LogP contribution in [0, 0.1) is 11.7 Å². The molecule has 1 N–H and O–H groups in total. The lowest BCUT2D eigenvalue weighted by molar-refractivity contribution is 0.0302. The lowest BCUT2D eigenvalue weighted by atomic mass is 10.1. The maximum Gasteiger partial charge on any atom is 0.123 e. The quantitative estimate of drug-likeness (QED) is 0.732. The lowest BCUT2D eigenvalue weighted by Crippen LogP contribution is -2.24. The highest BCUT2D eigenvalue weighted by atomic mass is 19.1. The number of hydrogen-bond donors (Lipinski definition) is 1. The first-order valence-corrected chi connectivity index (χ1v) is 7.25. The molecule has 1 aromatic rings. The van der Waals surface area contributed by atoms with Crippen LogP contribution in [0.1, 0.15) is 45.3 Å². The van der Waals surface area contributed by atoms with Crippen molar-refractivity contribution in [2.75, 3.05) is 19.7 Å². The molecule has 0 fully saturated rings. The topological polar surface area (TPSA) is 21.3 Å². The Bertz CT molecular complexity index is 339. The van der Waals surface area contributed by atoms with E-state index in [-0.39, 0.29) is 11.9 Å². The molecule has 2 nitrogen and oxygen atoms in total. The predicted molar refractivity (Wildman–Crippen MR) is 77.7 cm³/mol. The molecule has 0 heterocycles. The zero-order valence-electron chi connectivity index (χ0n) is 12.3. The van der Waals surface area contributed by atoms with Crippen molar-refractivity contribution >= 4 is 0 Å². The van der Waals surface area contributed by atoms with Gasteiger partial charge < -0.3 is 10.1 Å². The van der Waals surface area contributed by atoms with Crippen molar-refractivity contribution in [2.45, 2.75) is 39.7 Å². The summed E-state index contributed by atoms with van der Waals surface area (Å²) in [7, 11) is 0. The van der Waals surface area contributed by atoms with Crippen LogP contribution < -0.4 is 5.32 Å². The molecule has 2 atom stereocenters. The van der Waals surface area contributed by atoms with Crippen LogP contribution in [0.15, 0.2) is 24.3 Å². The number of likely N-dealkylation sites (N-methyl/N-ethyl adjacent to an activating group) is 1. The van der Waals surface area contributed by atoms with Crippen LogP contribution in [0.5, 0.6) is 0 Å². The molecule has 2 unspecified atom stereocenters. The van der Waals surface area contributed by atoms with E-state index in [1.54, 1.807) is 0 Å². The van der Waals surface area contributed by atoms with Crippen molar-refractivity contribution in [3.63, 3.8) is 0 Å². The van der Waals surface area contributed by atoms with E-state index < -0.39 is 0 Å². The van der Waals surface area contributed by atoms with Crippen LogP contribution in [-0.2, 0) is 4.74 Å². The minimum absolute atomic E-state index is 0.000133. The first kappa shape index (κ1) is 16.1. The Morgan fingerprint density at radius 2 is 1.89 bits per heavy atom. The molecule has 3 heteroatoms. The SMILES string of the molecule is CCCC(C)COC(CNCC)c1ccc(F)cc1. The highest BCUT2D eigenvalue weighted by molar-refractivity contribution is 5.19. The van der Waals surface area contributed by atoms with E-state index in [2.05, 4.69) is 26.1 Å². The Balaban J connectivity index is 2.58. The van der Waals surface area contributed by atoms with Crippen molar-refractivity contribution in [1.82, 2.24) is 5.32 Å². The first-order valence-electron chi connectivity index (χ1n) is 7.25. The van der Waals surface area contributed by atoms with Gasteiger partial charge in [0.05, 0.1) is 12.7 Å². The molecule has 0 aromatic heterocycles. The first-order chi connectivity index (χ1) is 9.17. The van der Waals surface area contributed by atoms with E-state index in [1.165, 1.54) is 25.0 Å². The summed E-state index contributed by atoms with van der Waals surface area (Å²) >= 11 is 0. The van der Waals surface area contributed by atoms with Crippen molar-refractivity contribution in [1.29, 1.82) is 0 Å². The highest BCUT2D eigenvalue weighted by Gasteiger charge is 2.13. The van der Waals surface area contributed by atoms with Gasteiger partial charge in [-0.2, -0.15) is 0 Å². The van der Waals surface area contributed by atoms with E-state index in [0.29, 0.717) is 5.92 Å². The number of halogens is 1. The Morgan fingerprint density at radius 3 is 2.47 bits per heavy atom. The molecule has 0 bridgehead atoms. The van der Waals surface area contributed by atoms with Gasteiger partial charge in [-0.25, -0.2) is 4.39 Å². The number of rotatable bonds is 9. The van der Waals surface area contributed by atoms with Crippen LogP contribution in [0.4, 0.5) is 4.39 Å². The highest BCUT2D eigenvalue weighted by Crippen LogP contribution is 2.19. The molecule has 0 saturated carbocycles. The fraction of sp³-hybridized carbons (Fsp3) is 0.625. The van der Waals surface area contributed by atoms with E-state index in [9.17, 15) is 4.39 Å². The zero-order chi connectivity index (χ0) is 14.1. The van der Waals surface area contributed by atoms with E-state index in [1.807, 2.05) is 12.1 Å². The van der Waals surface area contributed by atoms with E-state index in [0.717, 1.165) is 25.3 Å². The summed E-state index contributed by atoms with van der Waals surface area (Å²) in [5.41, 5.74) is 1.03. The van der Waals surface area contributed by atoms with Gasteiger partial charge in [-0.1, -0.05) is 39.3 Å². The summed E-state index contributed by atoms with van der Waals surface area (Å²) in [6.45, 7) is 8.89. The molecule has 108 valence electrons. The number of ether oxygens (including phenoxy) is 1. The third kappa shape index (κ3) is 6.17. The van der Waals surface area contributed by atoms with Gasteiger partial charge in [-0.3, -0.25) is 0 Å². The molecular weight excluding hydrogens is 241 g/mol. The Labute approximate surface area is 116 Å². The molecule has 1 rings (SSSR count).